The van der Waals surface area contributed by atoms with E-state index in [0.717, 1.165) is 17.7 Å². The summed E-state index contributed by atoms with van der Waals surface area (Å²) in [7, 11) is 0. The molecular formula is C11H14N4O. The molecule has 84 valence electrons. The molecule has 5 heteroatoms. The van der Waals surface area contributed by atoms with Gasteiger partial charge in [-0.1, -0.05) is 18.1 Å². The van der Waals surface area contributed by atoms with Crippen LogP contribution in [0.15, 0.2) is 22.9 Å². The lowest BCUT2D eigenvalue weighted by atomic mass is 10.2. The van der Waals surface area contributed by atoms with E-state index in [4.69, 9.17) is 10.3 Å². The molecule has 0 fully saturated rings. The number of rotatable bonds is 3. The van der Waals surface area contributed by atoms with E-state index in [9.17, 15) is 0 Å². The Bertz CT molecular complexity index is 480. The first-order valence-electron chi connectivity index (χ1n) is 5.23. The van der Waals surface area contributed by atoms with E-state index in [1.165, 1.54) is 0 Å². The van der Waals surface area contributed by atoms with Gasteiger partial charge in [0.2, 0.25) is 11.7 Å². The number of aryl methyl sites for hydroxylation is 1. The molecule has 2 heterocycles. The minimum atomic E-state index is -0.203. The fraction of sp³-hybridized carbons (Fsp3) is 0.364. The first-order chi connectivity index (χ1) is 7.72. The molecule has 0 saturated heterocycles. The Morgan fingerprint density at radius 3 is 3.00 bits per heavy atom. The van der Waals surface area contributed by atoms with Crippen LogP contribution in [0.3, 0.4) is 0 Å². The maximum Gasteiger partial charge on any atom is 0.243 e. The number of nitrogens with two attached hydrogens (primary N) is 1. The lowest BCUT2D eigenvalue weighted by Gasteiger charge is -1.99. The summed E-state index contributed by atoms with van der Waals surface area (Å²) in [6.07, 6.45) is 2.47. The summed E-state index contributed by atoms with van der Waals surface area (Å²) in [6, 6.07) is 3.63. The molecule has 0 saturated carbocycles. The molecule has 0 radical (unpaired) electrons. The number of nitrogens with zero attached hydrogens (tertiary/aromatic N) is 3. The normalized spacial score (nSPS) is 12.7. The molecule has 0 aromatic carbocycles. The van der Waals surface area contributed by atoms with Gasteiger partial charge in [-0.2, -0.15) is 4.98 Å². The summed E-state index contributed by atoms with van der Waals surface area (Å²) in [5.41, 5.74) is 7.56. The average Bonchev–Trinajstić information content (AvgIpc) is 2.78. The molecule has 2 aromatic heterocycles. The Balaban J connectivity index is 2.35. The molecule has 0 aliphatic rings. The van der Waals surface area contributed by atoms with Crippen molar-refractivity contribution in [2.24, 2.45) is 5.73 Å². The van der Waals surface area contributed by atoms with Crippen molar-refractivity contribution < 1.29 is 4.52 Å². The summed E-state index contributed by atoms with van der Waals surface area (Å²) >= 11 is 0. The van der Waals surface area contributed by atoms with E-state index in [-0.39, 0.29) is 6.04 Å². The zero-order valence-corrected chi connectivity index (χ0v) is 9.34. The van der Waals surface area contributed by atoms with Gasteiger partial charge in [-0.05, 0) is 25.0 Å². The molecular weight excluding hydrogens is 204 g/mol. The largest absolute Gasteiger partial charge is 0.337 e. The summed E-state index contributed by atoms with van der Waals surface area (Å²) in [5.74, 6) is 0.958. The van der Waals surface area contributed by atoms with Gasteiger partial charge in [-0.15, -0.1) is 0 Å². The van der Waals surface area contributed by atoms with Crippen LogP contribution in [0.1, 0.15) is 30.8 Å². The van der Waals surface area contributed by atoms with E-state index in [1.807, 2.05) is 26.0 Å². The van der Waals surface area contributed by atoms with Crippen molar-refractivity contribution in [3.63, 3.8) is 0 Å². The minimum Gasteiger partial charge on any atom is -0.337 e. The molecule has 1 atom stereocenters. The van der Waals surface area contributed by atoms with Crippen LogP contribution in [-0.2, 0) is 0 Å². The minimum absolute atomic E-state index is 0.203. The second-order valence-corrected chi connectivity index (χ2v) is 3.64. The second-order valence-electron chi connectivity index (χ2n) is 3.64. The molecule has 5 nitrogen and oxygen atoms in total. The number of pyridine rings is 1. The Labute approximate surface area is 93.7 Å². The highest BCUT2D eigenvalue weighted by molar-refractivity contribution is 5.53. The van der Waals surface area contributed by atoms with Crippen molar-refractivity contribution in [2.75, 3.05) is 0 Å². The number of aromatic nitrogens is 3. The van der Waals surface area contributed by atoms with Crippen molar-refractivity contribution in [3.05, 3.63) is 29.8 Å². The number of hydrogen-bond donors (Lipinski definition) is 1. The molecule has 2 aromatic rings. The van der Waals surface area contributed by atoms with Gasteiger partial charge in [0.15, 0.2) is 0 Å². The third-order valence-corrected chi connectivity index (χ3v) is 2.42. The lowest BCUT2D eigenvalue weighted by Crippen LogP contribution is -2.08. The van der Waals surface area contributed by atoms with Crippen LogP contribution >= 0.6 is 0 Å². The van der Waals surface area contributed by atoms with Crippen LogP contribution < -0.4 is 5.73 Å². The van der Waals surface area contributed by atoms with Crippen molar-refractivity contribution >= 4 is 0 Å². The highest BCUT2D eigenvalue weighted by Gasteiger charge is 2.15. The fourth-order valence-corrected chi connectivity index (χ4v) is 1.38. The van der Waals surface area contributed by atoms with E-state index < -0.39 is 0 Å². The summed E-state index contributed by atoms with van der Waals surface area (Å²) in [4.78, 5) is 8.47. The Hall–Kier alpha value is -1.75. The van der Waals surface area contributed by atoms with Gasteiger partial charge in [0.05, 0.1) is 6.04 Å². The Morgan fingerprint density at radius 2 is 2.31 bits per heavy atom. The predicted molar refractivity (Wildman–Crippen MR) is 59.5 cm³/mol. The van der Waals surface area contributed by atoms with Crippen LogP contribution in [0.4, 0.5) is 0 Å². The molecule has 0 spiro atoms. The first-order valence-corrected chi connectivity index (χ1v) is 5.23. The average molecular weight is 218 g/mol. The van der Waals surface area contributed by atoms with E-state index in [2.05, 4.69) is 15.1 Å². The molecule has 2 rings (SSSR count). The third-order valence-electron chi connectivity index (χ3n) is 2.42. The van der Waals surface area contributed by atoms with Crippen molar-refractivity contribution in [3.8, 4) is 11.5 Å². The summed E-state index contributed by atoms with van der Waals surface area (Å²) in [5, 5.41) is 3.89. The highest BCUT2D eigenvalue weighted by Crippen LogP contribution is 2.19. The standard InChI is InChI=1S/C11H14N4O/c1-3-8(12)11-14-10(15-16-11)9-7(2)5-4-6-13-9/h4-6,8H,3,12H2,1-2H3. The molecule has 2 N–H and O–H groups in total. The Morgan fingerprint density at radius 1 is 1.50 bits per heavy atom. The quantitative estimate of drug-likeness (QED) is 0.850. The zero-order chi connectivity index (χ0) is 11.5. The molecule has 0 aliphatic carbocycles. The van der Waals surface area contributed by atoms with Crippen LogP contribution in [0.5, 0.6) is 0 Å². The fourth-order valence-electron chi connectivity index (χ4n) is 1.38. The Kier molecular flexibility index (Phi) is 2.96. The van der Waals surface area contributed by atoms with Crippen LogP contribution in [-0.4, -0.2) is 15.1 Å². The van der Waals surface area contributed by atoms with Gasteiger partial charge in [0.25, 0.3) is 0 Å². The molecule has 0 aliphatic heterocycles. The van der Waals surface area contributed by atoms with E-state index in [0.29, 0.717) is 11.7 Å². The van der Waals surface area contributed by atoms with Crippen LogP contribution in [0.2, 0.25) is 0 Å². The maximum atomic E-state index is 5.81. The van der Waals surface area contributed by atoms with Gasteiger partial charge < -0.3 is 10.3 Å². The van der Waals surface area contributed by atoms with Gasteiger partial charge >= 0.3 is 0 Å². The third kappa shape index (κ3) is 1.94. The molecule has 16 heavy (non-hydrogen) atoms. The van der Waals surface area contributed by atoms with Crippen LogP contribution in [0.25, 0.3) is 11.5 Å². The molecule has 0 bridgehead atoms. The smallest absolute Gasteiger partial charge is 0.243 e. The van der Waals surface area contributed by atoms with Crippen molar-refractivity contribution in [1.29, 1.82) is 0 Å². The van der Waals surface area contributed by atoms with E-state index in [1.54, 1.807) is 6.20 Å². The second kappa shape index (κ2) is 4.40. The van der Waals surface area contributed by atoms with Crippen molar-refractivity contribution in [1.82, 2.24) is 15.1 Å². The molecule has 1 unspecified atom stereocenters. The SMILES string of the molecule is CCC(N)c1nc(-c2ncccc2C)no1. The van der Waals surface area contributed by atoms with Gasteiger partial charge in [0, 0.05) is 6.20 Å². The summed E-state index contributed by atoms with van der Waals surface area (Å²) < 4.78 is 5.10. The zero-order valence-electron chi connectivity index (χ0n) is 9.34. The summed E-state index contributed by atoms with van der Waals surface area (Å²) in [6.45, 7) is 3.93. The highest BCUT2D eigenvalue weighted by atomic mass is 16.5. The van der Waals surface area contributed by atoms with Gasteiger partial charge in [-0.3, -0.25) is 4.98 Å². The topological polar surface area (TPSA) is 77.8 Å². The maximum absolute atomic E-state index is 5.81. The molecule has 0 amide bonds. The number of hydrogen-bond acceptors (Lipinski definition) is 5. The van der Waals surface area contributed by atoms with E-state index >= 15 is 0 Å². The monoisotopic (exact) mass is 218 g/mol. The first kappa shape index (κ1) is 10.8. The lowest BCUT2D eigenvalue weighted by molar-refractivity contribution is 0.352. The van der Waals surface area contributed by atoms with Crippen LogP contribution in [0, 0.1) is 6.92 Å². The van der Waals surface area contributed by atoms with Gasteiger partial charge in [-0.25, -0.2) is 0 Å². The predicted octanol–water partition coefficient (Wildman–Crippen LogP) is 1.85. The van der Waals surface area contributed by atoms with Gasteiger partial charge in [0.1, 0.15) is 5.69 Å². The van der Waals surface area contributed by atoms with Crippen molar-refractivity contribution in [2.45, 2.75) is 26.3 Å².